The largest absolute Gasteiger partial charge is 0.741 e. The Labute approximate surface area is 138 Å². The molecule has 140 valence electrons. The lowest BCUT2D eigenvalue weighted by atomic mass is 9.93. The molecule has 0 saturated carbocycles. The molecule has 1 aliphatic heterocycles. The van der Waals surface area contributed by atoms with Crippen molar-refractivity contribution in [2.75, 3.05) is 19.6 Å². The number of alkyl halides is 3. The molecule has 8 heteroatoms. The third kappa shape index (κ3) is 10.9. The quantitative estimate of drug-likeness (QED) is 0.431. The van der Waals surface area contributed by atoms with Crippen LogP contribution in [0, 0.1) is 5.92 Å². The SMILES string of the molecule is CCCCCC[NH+]1CCCC(CCC)C1.O=S(=O)([O-])C(F)(F)F. The fourth-order valence-corrected chi connectivity index (χ4v) is 2.94. The van der Waals surface area contributed by atoms with Crippen molar-refractivity contribution in [2.24, 2.45) is 5.92 Å². The molecular weight excluding hydrogens is 331 g/mol. The van der Waals surface area contributed by atoms with Gasteiger partial charge in [-0.2, -0.15) is 13.2 Å². The molecule has 0 aromatic heterocycles. The van der Waals surface area contributed by atoms with E-state index >= 15 is 0 Å². The van der Waals surface area contributed by atoms with Gasteiger partial charge in [-0.05, 0) is 32.1 Å². The Morgan fingerprint density at radius 1 is 1.13 bits per heavy atom. The van der Waals surface area contributed by atoms with Gasteiger partial charge in [-0.25, -0.2) is 8.42 Å². The van der Waals surface area contributed by atoms with Gasteiger partial charge in [0, 0.05) is 5.92 Å². The van der Waals surface area contributed by atoms with Crippen LogP contribution in [-0.2, 0) is 10.1 Å². The number of unbranched alkanes of at least 4 members (excludes halogenated alkanes) is 3. The van der Waals surface area contributed by atoms with E-state index in [1.807, 2.05) is 4.90 Å². The number of rotatable bonds is 7. The molecule has 1 rings (SSSR count). The zero-order valence-electron chi connectivity index (χ0n) is 14.1. The molecule has 0 radical (unpaired) electrons. The van der Waals surface area contributed by atoms with Crippen LogP contribution in [0.25, 0.3) is 0 Å². The smallest absolute Gasteiger partial charge is 0.485 e. The van der Waals surface area contributed by atoms with Crippen LogP contribution in [0.2, 0.25) is 0 Å². The minimum Gasteiger partial charge on any atom is -0.741 e. The number of nitrogens with one attached hydrogen (secondary N) is 1. The second-order valence-electron chi connectivity index (χ2n) is 6.21. The predicted molar refractivity (Wildman–Crippen MR) is 83.1 cm³/mol. The lowest BCUT2D eigenvalue weighted by molar-refractivity contribution is -0.909. The molecule has 0 amide bonds. The molecule has 0 spiro atoms. The summed E-state index contributed by atoms with van der Waals surface area (Å²) >= 11 is 0. The summed E-state index contributed by atoms with van der Waals surface area (Å²) in [6.45, 7) is 8.99. The Morgan fingerprint density at radius 3 is 2.22 bits per heavy atom. The summed E-state index contributed by atoms with van der Waals surface area (Å²) in [5.41, 5.74) is -5.65. The molecule has 2 unspecified atom stereocenters. The first-order chi connectivity index (χ1) is 10.6. The fourth-order valence-electron chi connectivity index (χ4n) is 2.94. The molecule has 1 fully saturated rings. The first kappa shape index (κ1) is 22.7. The summed E-state index contributed by atoms with van der Waals surface area (Å²) in [7, 11) is -6.09. The van der Waals surface area contributed by atoms with Crippen molar-refractivity contribution in [1.29, 1.82) is 0 Å². The standard InChI is InChI=1S/C14H29N.CHF3O3S/c1-3-5-6-7-11-15-12-8-10-14(13-15)9-4-2;2-1(3,4)8(5,6)7/h14H,3-13H2,1-2H3;(H,5,6,7). The van der Waals surface area contributed by atoms with E-state index in [0.717, 1.165) is 5.92 Å². The predicted octanol–water partition coefficient (Wildman–Crippen LogP) is 2.71. The van der Waals surface area contributed by atoms with Gasteiger partial charge in [0.2, 0.25) is 0 Å². The maximum atomic E-state index is 10.7. The normalized spacial score (nSPS) is 22.3. The molecule has 1 saturated heterocycles. The van der Waals surface area contributed by atoms with Crippen LogP contribution in [0.5, 0.6) is 0 Å². The third-order valence-corrected chi connectivity index (χ3v) is 4.65. The first-order valence-corrected chi connectivity index (χ1v) is 9.88. The summed E-state index contributed by atoms with van der Waals surface area (Å²) in [5, 5.41) is 0. The van der Waals surface area contributed by atoms with E-state index < -0.39 is 15.6 Å². The van der Waals surface area contributed by atoms with Crippen molar-refractivity contribution in [3.63, 3.8) is 0 Å². The van der Waals surface area contributed by atoms with E-state index in [0.29, 0.717) is 0 Å². The number of hydrogen-bond donors (Lipinski definition) is 1. The molecule has 23 heavy (non-hydrogen) atoms. The number of likely N-dealkylation sites (tertiary alicyclic amines) is 1. The molecule has 0 aromatic rings. The topological polar surface area (TPSA) is 61.6 Å². The number of halogens is 3. The van der Waals surface area contributed by atoms with E-state index in [-0.39, 0.29) is 0 Å². The van der Waals surface area contributed by atoms with E-state index in [1.165, 1.54) is 71.0 Å². The van der Waals surface area contributed by atoms with Gasteiger partial charge in [-0.1, -0.05) is 33.1 Å². The lowest BCUT2D eigenvalue weighted by Crippen LogP contribution is -3.13. The van der Waals surface area contributed by atoms with Crippen molar-refractivity contribution in [3.05, 3.63) is 0 Å². The van der Waals surface area contributed by atoms with Gasteiger partial charge in [-0.15, -0.1) is 0 Å². The molecule has 0 aliphatic carbocycles. The van der Waals surface area contributed by atoms with Crippen LogP contribution < -0.4 is 4.90 Å². The Balaban J connectivity index is 0.000000515. The maximum absolute atomic E-state index is 10.7. The first-order valence-electron chi connectivity index (χ1n) is 8.47. The van der Waals surface area contributed by atoms with Gasteiger partial charge in [-0.3, -0.25) is 0 Å². The van der Waals surface area contributed by atoms with E-state index in [4.69, 9.17) is 13.0 Å². The third-order valence-electron chi connectivity index (χ3n) is 4.08. The Kier molecular flexibility index (Phi) is 11.1. The average molecular weight is 361 g/mol. The van der Waals surface area contributed by atoms with Crippen molar-refractivity contribution in [2.45, 2.75) is 70.7 Å². The zero-order chi connectivity index (χ0) is 17.9. The van der Waals surface area contributed by atoms with Crippen molar-refractivity contribution >= 4 is 10.1 Å². The van der Waals surface area contributed by atoms with Gasteiger partial charge >= 0.3 is 5.51 Å². The molecule has 0 bridgehead atoms. The number of quaternary nitrogens is 1. The monoisotopic (exact) mass is 361 g/mol. The molecule has 1 aliphatic rings. The van der Waals surface area contributed by atoms with Crippen LogP contribution >= 0.6 is 0 Å². The van der Waals surface area contributed by atoms with Crippen LogP contribution in [-0.4, -0.2) is 38.1 Å². The minimum absolute atomic E-state index is 1.05. The van der Waals surface area contributed by atoms with Gasteiger partial charge in [0.25, 0.3) is 0 Å². The van der Waals surface area contributed by atoms with Gasteiger partial charge in [0.05, 0.1) is 19.6 Å². The van der Waals surface area contributed by atoms with Crippen molar-refractivity contribution in [1.82, 2.24) is 0 Å². The molecule has 0 aromatic carbocycles. The summed E-state index contributed by atoms with van der Waals surface area (Å²) in [6.07, 6.45) is 11.6. The molecule has 4 nitrogen and oxygen atoms in total. The molecular formula is C15H30F3NO3S. The van der Waals surface area contributed by atoms with Gasteiger partial charge in [0.15, 0.2) is 10.1 Å². The summed E-state index contributed by atoms with van der Waals surface area (Å²) in [4.78, 5) is 1.90. The Morgan fingerprint density at radius 2 is 1.74 bits per heavy atom. The highest BCUT2D eigenvalue weighted by atomic mass is 32.2. The zero-order valence-corrected chi connectivity index (χ0v) is 14.9. The second-order valence-corrected chi connectivity index (χ2v) is 7.58. The molecule has 2 atom stereocenters. The summed E-state index contributed by atoms with van der Waals surface area (Å²) in [5.74, 6) is 1.05. The number of hydrogen-bond acceptors (Lipinski definition) is 3. The van der Waals surface area contributed by atoms with Crippen molar-refractivity contribution < 1.29 is 31.0 Å². The lowest BCUT2D eigenvalue weighted by Gasteiger charge is -2.29. The van der Waals surface area contributed by atoms with Crippen LogP contribution in [0.1, 0.15) is 65.2 Å². The average Bonchev–Trinajstić information content (AvgIpc) is 2.43. The van der Waals surface area contributed by atoms with Crippen LogP contribution in [0.3, 0.4) is 0 Å². The fraction of sp³-hybridized carbons (Fsp3) is 1.00. The van der Waals surface area contributed by atoms with E-state index in [2.05, 4.69) is 13.8 Å². The van der Waals surface area contributed by atoms with E-state index in [1.54, 1.807) is 0 Å². The number of piperidine rings is 1. The Hall–Kier alpha value is -0.340. The Bertz CT molecular complexity index is 397. The highest BCUT2D eigenvalue weighted by Crippen LogP contribution is 2.20. The minimum atomic E-state index is -6.09. The van der Waals surface area contributed by atoms with Crippen LogP contribution in [0.15, 0.2) is 0 Å². The van der Waals surface area contributed by atoms with Gasteiger partial charge in [0.1, 0.15) is 0 Å². The van der Waals surface area contributed by atoms with Gasteiger partial charge < -0.3 is 9.45 Å². The second kappa shape index (κ2) is 11.3. The highest BCUT2D eigenvalue weighted by Gasteiger charge is 2.36. The van der Waals surface area contributed by atoms with Crippen LogP contribution in [0.4, 0.5) is 13.2 Å². The molecule has 1 N–H and O–H groups in total. The summed E-state index contributed by atoms with van der Waals surface area (Å²) in [6, 6.07) is 0. The van der Waals surface area contributed by atoms with Crippen molar-refractivity contribution in [3.8, 4) is 0 Å². The highest BCUT2D eigenvalue weighted by molar-refractivity contribution is 7.86. The summed E-state index contributed by atoms with van der Waals surface area (Å²) < 4.78 is 58.9. The van der Waals surface area contributed by atoms with E-state index in [9.17, 15) is 13.2 Å². The maximum Gasteiger partial charge on any atom is 0.485 e. The molecule has 1 heterocycles.